The van der Waals surface area contributed by atoms with Crippen LogP contribution in [0.3, 0.4) is 0 Å². The number of hydrogen-bond donors (Lipinski definition) is 2. The molecule has 0 aliphatic carbocycles. The van der Waals surface area contributed by atoms with Gasteiger partial charge in [0.15, 0.2) is 0 Å². The van der Waals surface area contributed by atoms with Crippen LogP contribution in [0.5, 0.6) is 0 Å². The topological polar surface area (TPSA) is 97.1 Å². The number of nitrogens with one attached hydrogen (secondary N) is 1. The van der Waals surface area contributed by atoms with Crippen molar-refractivity contribution in [1.82, 2.24) is 19.5 Å². The third-order valence-corrected chi connectivity index (χ3v) is 4.48. The fourth-order valence-electron chi connectivity index (χ4n) is 1.82. The number of rotatable bonds is 6. The van der Waals surface area contributed by atoms with Gasteiger partial charge in [-0.15, -0.1) is 10.2 Å². The summed E-state index contributed by atoms with van der Waals surface area (Å²) in [5.41, 5.74) is 0.141. The number of aliphatic hydroxyl groups excluding tert-OH is 1. The Labute approximate surface area is 121 Å². The molecule has 0 amide bonds. The summed E-state index contributed by atoms with van der Waals surface area (Å²) in [7, 11) is -2.15. The number of sulfonamides is 1. The van der Waals surface area contributed by atoms with E-state index < -0.39 is 22.4 Å². The van der Waals surface area contributed by atoms with E-state index in [4.69, 9.17) is 5.11 Å². The number of aliphatic hydroxyl groups is 1. The minimum absolute atomic E-state index is 0.0935. The van der Waals surface area contributed by atoms with Crippen molar-refractivity contribution in [3.05, 3.63) is 41.7 Å². The number of nitrogens with zero attached hydrogens (tertiary/aromatic N) is 3. The second-order valence-corrected chi connectivity index (χ2v) is 6.15. The van der Waals surface area contributed by atoms with E-state index >= 15 is 0 Å². The predicted octanol–water partition coefficient (Wildman–Crippen LogP) is -0.0325. The summed E-state index contributed by atoms with van der Waals surface area (Å²) in [4.78, 5) is -0.261. The molecule has 0 fully saturated rings. The van der Waals surface area contributed by atoms with E-state index in [1.165, 1.54) is 12.4 Å². The fourth-order valence-corrected chi connectivity index (χ4v) is 3.09. The van der Waals surface area contributed by atoms with Crippen molar-refractivity contribution in [1.29, 1.82) is 0 Å². The summed E-state index contributed by atoms with van der Waals surface area (Å²) >= 11 is 0. The van der Waals surface area contributed by atoms with E-state index in [0.717, 1.165) is 12.1 Å². The van der Waals surface area contributed by atoms with Gasteiger partial charge in [-0.3, -0.25) is 0 Å². The first kappa shape index (κ1) is 15.5. The Hall–Kier alpha value is -1.84. The zero-order valence-corrected chi connectivity index (χ0v) is 12.1. The smallest absolute Gasteiger partial charge is 0.241 e. The van der Waals surface area contributed by atoms with E-state index in [1.54, 1.807) is 11.6 Å². The van der Waals surface area contributed by atoms with Gasteiger partial charge in [0, 0.05) is 20.0 Å². The van der Waals surface area contributed by atoms with Gasteiger partial charge in [0.05, 0.1) is 11.5 Å². The maximum Gasteiger partial charge on any atom is 0.241 e. The third kappa shape index (κ3) is 3.63. The number of benzene rings is 1. The average Bonchev–Trinajstić information content (AvgIpc) is 2.84. The van der Waals surface area contributed by atoms with Gasteiger partial charge < -0.3 is 9.67 Å². The highest BCUT2D eigenvalue weighted by atomic mass is 32.2. The Morgan fingerprint density at radius 3 is 2.81 bits per heavy atom. The van der Waals surface area contributed by atoms with Crippen molar-refractivity contribution in [2.24, 2.45) is 7.05 Å². The van der Waals surface area contributed by atoms with Crippen LogP contribution in [0.15, 0.2) is 29.4 Å². The first-order chi connectivity index (χ1) is 9.94. The first-order valence-corrected chi connectivity index (χ1v) is 7.64. The second kappa shape index (κ2) is 6.29. The zero-order valence-electron chi connectivity index (χ0n) is 11.3. The summed E-state index contributed by atoms with van der Waals surface area (Å²) in [6.07, 6.45) is 1.86. The molecule has 0 saturated heterocycles. The molecule has 1 heterocycles. The molecule has 0 aliphatic rings. The van der Waals surface area contributed by atoms with Crippen LogP contribution in [-0.4, -0.2) is 34.8 Å². The quantitative estimate of drug-likeness (QED) is 0.780. The zero-order chi connectivity index (χ0) is 15.5. The van der Waals surface area contributed by atoms with Gasteiger partial charge in [-0.25, -0.2) is 17.5 Å². The summed E-state index contributed by atoms with van der Waals surface area (Å²) in [6.45, 7) is -0.393. The molecule has 0 radical (unpaired) electrons. The molecule has 114 valence electrons. The summed E-state index contributed by atoms with van der Waals surface area (Å²) in [5.74, 6) is -0.0554. The lowest BCUT2D eigenvalue weighted by Crippen LogP contribution is -2.27. The summed E-state index contributed by atoms with van der Waals surface area (Å²) in [6, 6.07) is 3.23. The van der Waals surface area contributed by atoms with Crippen LogP contribution in [0.2, 0.25) is 0 Å². The molecule has 1 aromatic carbocycles. The number of hydrogen-bond acceptors (Lipinski definition) is 5. The predicted molar refractivity (Wildman–Crippen MR) is 72.2 cm³/mol. The Kier molecular flexibility index (Phi) is 4.66. The van der Waals surface area contributed by atoms with Crippen molar-refractivity contribution in [3.63, 3.8) is 0 Å². The van der Waals surface area contributed by atoms with E-state index in [2.05, 4.69) is 14.9 Å². The summed E-state index contributed by atoms with van der Waals surface area (Å²) < 4.78 is 41.5. The molecular weight excluding hydrogens is 299 g/mol. The number of halogens is 1. The molecule has 21 heavy (non-hydrogen) atoms. The molecular formula is C12H15FN4O3S. The van der Waals surface area contributed by atoms with E-state index in [1.807, 2.05) is 0 Å². The largest absolute Gasteiger partial charge is 0.392 e. The Morgan fingerprint density at radius 1 is 1.43 bits per heavy atom. The van der Waals surface area contributed by atoms with Crippen LogP contribution in [-0.2, 0) is 30.1 Å². The molecule has 0 spiro atoms. The van der Waals surface area contributed by atoms with Gasteiger partial charge in [0.1, 0.15) is 18.0 Å². The molecule has 7 nitrogen and oxygen atoms in total. The van der Waals surface area contributed by atoms with E-state index in [0.29, 0.717) is 12.2 Å². The monoisotopic (exact) mass is 314 g/mol. The van der Waals surface area contributed by atoms with Crippen LogP contribution in [0.4, 0.5) is 4.39 Å². The lowest BCUT2D eigenvalue weighted by atomic mass is 10.2. The standard InChI is InChI=1S/C12H15FN4O3S/c1-17-8-14-16-12(17)4-5-15-21(19,20)11-6-10(13)3-2-9(11)7-18/h2-3,6,8,15,18H,4-5,7H2,1H3. The van der Waals surface area contributed by atoms with Gasteiger partial charge in [0.2, 0.25) is 10.0 Å². The fraction of sp³-hybridized carbons (Fsp3) is 0.333. The number of aromatic nitrogens is 3. The van der Waals surface area contributed by atoms with Crippen molar-refractivity contribution in [2.75, 3.05) is 6.54 Å². The van der Waals surface area contributed by atoms with E-state index in [9.17, 15) is 12.8 Å². The van der Waals surface area contributed by atoms with Crippen LogP contribution in [0.25, 0.3) is 0 Å². The highest BCUT2D eigenvalue weighted by Gasteiger charge is 2.19. The highest BCUT2D eigenvalue weighted by molar-refractivity contribution is 7.89. The van der Waals surface area contributed by atoms with Crippen molar-refractivity contribution < 1.29 is 17.9 Å². The first-order valence-electron chi connectivity index (χ1n) is 6.16. The molecule has 2 aromatic rings. The maximum atomic E-state index is 13.2. The van der Waals surface area contributed by atoms with Crippen LogP contribution in [0, 0.1) is 5.82 Å². The molecule has 0 aliphatic heterocycles. The highest BCUT2D eigenvalue weighted by Crippen LogP contribution is 2.17. The van der Waals surface area contributed by atoms with Gasteiger partial charge in [-0.2, -0.15) is 0 Å². The van der Waals surface area contributed by atoms with Crippen LogP contribution in [0.1, 0.15) is 11.4 Å². The number of aryl methyl sites for hydroxylation is 1. The normalized spacial score (nSPS) is 11.8. The van der Waals surface area contributed by atoms with Gasteiger partial charge >= 0.3 is 0 Å². The molecule has 9 heteroatoms. The van der Waals surface area contributed by atoms with Crippen molar-refractivity contribution in [2.45, 2.75) is 17.9 Å². The Morgan fingerprint density at radius 2 is 2.19 bits per heavy atom. The molecule has 0 saturated carbocycles. The lowest BCUT2D eigenvalue weighted by molar-refractivity contribution is 0.278. The van der Waals surface area contributed by atoms with E-state index in [-0.39, 0.29) is 17.0 Å². The molecule has 0 bridgehead atoms. The van der Waals surface area contributed by atoms with Gasteiger partial charge in [0.25, 0.3) is 0 Å². The van der Waals surface area contributed by atoms with Crippen molar-refractivity contribution >= 4 is 10.0 Å². The molecule has 0 atom stereocenters. The average molecular weight is 314 g/mol. The SMILES string of the molecule is Cn1cnnc1CCNS(=O)(=O)c1cc(F)ccc1CO. The Bertz CT molecular complexity index is 730. The van der Waals surface area contributed by atoms with Gasteiger partial charge in [-0.05, 0) is 17.7 Å². The molecule has 0 unspecified atom stereocenters. The minimum atomic E-state index is -3.90. The molecule has 1 aromatic heterocycles. The molecule has 2 rings (SSSR count). The lowest BCUT2D eigenvalue weighted by Gasteiger charge is -2.10. The van der Waals surface area contributed by atoms with Crippen LogP contribution >= 0.6 is 0 Å². The van der Waals surface area contributed by atoms with Gasteiger partial charge in [-0.1, -0.05) is 6.07 Å². The minimum Gasteiger partial charge on any atom is -0.392 e. The summed E-state index contributed by atoms with van der Waals surface area (Å²) in [5, 5.41) is 16.7. The van der Waals surface area contributed by atoms with Crippen molar-refractivity contribution in [3.8, 4) is 0 Å². The third-order valence-electron chi connectivity index (χ3n) is 2.93. The van der Waals surface area contributed by atoms with Crippen LogP contribution < -0.4 is 4.72 Å². The molecule has 2 N–H and O–H groups in total. The Balaban J connectivity index is 2.12. The maximum absolute atomic E-state index is 13.2. The second-order valence-electron chi connectivity index (χ2n) is 4.42.